The first kappa shape index (κ1) is 13.3. The van der Waals surface area contributed by atoms with E-state index < -0.39 is 6.10 Å². The highest BCUT2D eigenvalue weighted by molar-refractivity contribution is 6.35. The number of aliphatic hydroxyl groups excluding tert-OH is 1. The molecule has 2 rings (SSSR count). The van der Waals surface area contributed by atoms with Crippen LogP contribution >= 0.6 is 23.2 Å². The van der Waals surface area contributed by atoms with Crippen molar-refractivity contribution in [1.29, 1.82) is 0 Å². The Labute approximate surface area is 116 Å². The summed E-state index contributed by atoms with van der Waals surface area (Å²) < 4.78 is 0. The van der Waals surface area contributed by atoms with Crippen LogP contribution in [-0.2, 0) is 6.42 Å². The Morgan fingerprint density at radius 3 is 2.50 bits per heavy atom. The van der Waals surface area contributed by atoms with Gasteiger partial charge in [-0.05, 0) is 42.3 Å². The Kier molecular flexibility index (Phi) is 4.23. The lowest BCUT2D eigenvalue weighted by molar-refractivity contribution is 0.173. The Morgan fingerprint density at radius 1 is 1.22 bits per heavy atom. The van der Waals surface area contributed by atoms with Crippen molar-refractivity contribution in [3.8, 4) is 0 Å². The number of pyridine rings is 1. The van der Waals surface area contributed by atoms with E-state index in [0.717, 1.165) is 11.1 Å². The number of hydrogen-bond donors (Lipinski definition) is 1. The number of hydrogen-bond acceptors (Lipinski definition) is 2. The predicted octanol–water partition coefficient (Wildman–Crippen LogP) is 3.97. The van der Waals surface area contributed by atoms with Gasteiger partial charge in [0, 0.05) is 22.7 Å². The highest BCUT2D eigenvalue weighted by Gasteiger charge is 2.14. The summed E-state index contributed by atoms with van der Waals surface area (Å²) in [5, 5.41) is 11.3. The third-order valence-electron chi connectivity index (χ3n) is 2.74. The van der Waals surface area contributed by atoms with E-state index >= 15 is 0 Å². The Hall–Kier alpha value is -1.09. The molecule has 1 aromatic heterocycles. The molecule has 1 unspecified atom stereocenters. The Morgan fingerprint density at radius 2 is 1.89 bits per heavy atom. The Bertz CT molecular complexity index is 537. The monoisotopic (exact) mass is 281 g/mol. The van der Waals surface area contributed by atoms with Crippen LogP contribution in [0, 0.1) is 6.92 Å². The second-order valence-corrected chi connectivity index (χ2v) is 4.99. The van der Waals surface area contributed by atoms with Crippen molar-refractivity contribution in [2.24, 2.45) is 0 Å². The van der Waals surface area contributed by atoms with E-state index in [2.05, 4.69) is 4.98 Å². The summed E-state index contributed by atoms with van der Waals surface area (Å²) in [6.45, 7) is 1.96. The topological polar surface area (TPSA) is 33.1 Å². The quantitative estimate of drug-likeness (QED) is 0.923. The molecule has 0 spiro atoms. The first-order valence-corrected chi connectivity index (χ1v) is 6.37. The average molecular weight is 282 g/mol. The van der Waals surface area contributed by atoms with Gasteiger partial charge in [0.05, 0.1) is 5.69 Å². The van der Waals surface area contributed by atoms with Crippen molar-refractivity contribution < 1.29 is 5.11 Å². The maximum absolute atomic E-state index is 10.2. The van der Waals surface area contributed by atoms with Gasteiger partial charge in [-0.1, -0.05) is 29.3 Å². The molecule has 1 aromatic carbocycles. The van der Waals surface area contributed by atoms with Crippen molar-refractivity contribution in [3.05, 3.63) is 63.4 Å². The van der Waals surface area contributed by atoms with Crippen molar-refractivity contribution in [1.82, 2.24) is 4.98 Å². The van der Waals surface area contributed by atoms with Crippen LogP contribution in [0.15, 0.2) is 36.5 Å². The molecule has 2 aromatic rings. The molecule has 0 aliphatic heterocycles. The fraction of sp³-hybridized carbons (Fsp3) is 0.214. The molecule has 94 valence electrons. The normalized spacial score (nSPS) is 12.4. The molecule has 0 aliphatic carbocycles. The zero-order valence-electron chi connectivity index (χ0n) is 9.90. The van der Waals surface area contributed by atoms with Crippen LogP contribution in [0.1, 0.15) is 22.9 Å². The maximum Gasteiger partial charge on any atom is 0.100 e. The SMILES string of the molecule is Cc1ccnc(C(O)Cc2c(Cl)cccc2Cl)c1. The predicted molar refractivity (Wildman–Crippen MR) is 74.1 cm³/mol. The summed E-state index contributed by atoms with van der Waals surface area (Å²) >= 11 is 12.2. The van der Waals surface area contributed by atoms with E-state index in [1.54, 1.807) is 24.4 Å². The van der Waals surface area contributed by atoms with Crippen LogP contribution in [-0.4, -0.2) is 10.1 Å². The molecule has 0 bridgehead atoms. The fourth-order valence-corrected chi connectivity index (χ4v) is 2.32. The second kappa shape index (κ2) is 5.70. The van der Waals surface area contributed by atoms with Crippen LogP contribution in [0.5, 0.6) is 0 Å². The molecule has 1 atom stereocenters. The lowest BCUT2D eigenvalue weighted by Crippen LogP contribution is -2.05. The van der Waals surface area contributed by atoms with E-state index in [4.69, 9.17) is 23.2 Å². The number of rotatable bonds is 3. The van der Waals surface area contributed by atoms with Gasteiger partial charge in [-0.15, -0.1) is 0 Å². The average Bonchev–Trinajstić information content (AvgIpc) is 2.34. The molecule has 1 heterocycles. The van der Waals surface area contributed by atoms with Gasteiger partial charge < -0.3 is 5.11 Å². The first-order valence-electron chi connectivity index (χ1n) is 5.61. The van der Waals surface area contributed by atoms with Crippen LogP contribution in [0.2, 0.25) is 10.0 Å². The molecule has 0 amide bonds. The maximum atomic E-state index is 10.2. The third kappa shape index (κ3) is 3.02. The van der Waals surface area contributed by atoms with E-state index in [1.807, 2.05) is 19.1 Å². The molecule has 0 saturated carbocycles. The number of aromatic nitrogens is 1. The number of halogens is 2. The highest BCUT2D eigenvalue weighted by atomic mass is 35.5. The van der Waals surface area contributed by atoms with Crippen LogP contribution in [0.3, 0.4) is 0 Å². The van der Waals surface area contributed by atoms with E-state index in [-0.39, 0.29) is 0 Å². The molecule has 4 heteroatoms. The molecule has 0 radical (unpaired) electrons. The van der Waals surface area contributed by atoms with Crippen molar-refractivity contribution in [3.63, 3.8) is 0 Å². The highest BCUT2D eigenvalue weighted by Crippen LogP contribution is 2.28. The first-order chi connectivity index (χ1) is 8.58. The Balaban J connectivity index is 2.24. The van der Waals surface area contributed by atoms with Crippen LogP contribution in [0.4, 0.5) is 0 Å². The van der Waals surface area contributed by atoms with E-state index in [9.17, 15) is 5.11 Å². The number of nitrogens with zero attached hydrogens (tertiary/aromatic N) is 1. The fourth-order valence-electron chi connectivity index (χ4n) is 1.77. The molecular weight excluding hydrogens is 269 g/mol. The minimum atomic E-state index is -0.706. The molecule has 18 heavy (non-hydrogen) atoms. The summed E-state index contributed by atoms with van der Waals surface area (Å²) in [6, 6.07) is 9.05. The largest absolute Gasteiger partial charge is 0.386 e. The standard InChI is InChI=1S/C14H13Cl2NO/c1-9-5-6-17-13(7-9)14(18)8-10-11(15)3-2-4-12(10)16/h2-7,14,18H,8H2,1H3. The molecule has 2 nitrogen and oxygen atoms in total. The van der Waals surface area contributed by atoms with Gasteiger partial charge in [-0.2, -0.15) is 0 Å². The van der Waals surface area contributed by atoms with E-state index in [0.29, 0.717) is 22.2 Å². The third-order valence-corrected chi connectivity index (χ3v) is 3.45. The van der Waals surface area contributed by atoms with Gasteiger partial charge in [-0.25, -0.2) is 0 Å². The van der Waals surface area contributed by atoms with Crippen LogP contribution < -0.4 is 0 Å². The zero-order chi connectivity index (χ0) is 13.1. The summed E-state index contributed by atoms with van der Waals surface area (Å²) in [6.07, 6.45) is 1.33. The number of aryl methyl sites for hydroxylation is 1. The lowest BCUT2D eigenvalue weighted by Gasteiger charge is -2.13. The van der Waals surface area contributed by atoms with Gasteiger partial charge in [-0.3, -0.25) is 4.98 Å². The van der Waals surface area contributed by atoms with Gasteiger partial charge >= 0.3 is 0 Å². The van der Waals surface area contributed by atoms with Crippen molar-refractivity contribution in [2.45, 2.75) is 19.4 Å². The van der Waals surface area contributed by atoms with Crippen molar-refractivity contribution >= 4 is 23.2 Å². The minimum Gasteiger partial charge on any atom is -0.386 e. The summed E-state index contributed by atoms with van der Waals surface area (Å²) in [4.78, 5) is 4.16. The van der Waals surface area contributed by atoms with Crippen LogP contribution in [0.25, 0.3) is 0 Å². The summed E-state index contributed by atoms with van der Waals surface area (Å²) in [5.41, 5.74) is 2.44. The molecule has 0 saturated heterocycles. The number of aliphatic hydroxyl groups is 1. The molecule has 0 aliphatic rings. The van der Waals surface area contributed by atoms with Gasteiger partial charge in [0.25, 0.3) is 0 Å². The van der Waals surface area contributed by atoms with Gasteiger partial charge in [0.1, 0.15) is 6.10 Å². The van der Waals surface area contributed by atoms with E-state index in [1.165, 1.54) is 0 Å². The second-order valence-electron chi connectivity index (χ2n) is 4.18. The number of benzene rings is 1. The summed E-state index contributed by atoms with van der Waals surface area (Å²) in [7, 11) is 0. The zero-order valence-corrected chi connectivity index (χ0v) is 11.4. The lowest BCUT2D eigenvalue weighted by atomic mass is 10.0. The van der Waals surface area contributed by atoms with Crippen molar-refractivity contribution in [2.75, 3.05) is 0 Å². The summed E-state index contributed by atoms with van der Waals surface area (Å²) in [5.74, 6) is 0. The smallest absolute Gasteiger partial charge is 0.100 e. The minimum absolute atomic E-state index is 0.356. The van der Waals surface area contributed by atoms with Gasteiger partial charge in [0.2, 0.25) is 0 Å². The van der Waals surface area contributed by atoms with Gasteiger partial charge in [0.15, 0.2) is 0 Å². The molecular formula is C14H13Cl2NO. The molecule has 1 N–H and O–H groups in total. The molecule has 0 fully saturated rings.